The van der Waals surface area contributed by atoms with E-state index in [0.717, 1.165) is 25.8 Å². The third kappa shape index (κ3) is 4.35. The van der Waals surface area contributed by atoms with Crippen LogP contribution in [0.3, 0.4) is 0 Å². The number of nitrogens with zero attached hydrogens (tertiary/aromatic N) is 2. The number of carbonyl (C=O) groups is 1. The zero-order valence-corrected chi connectivity index (χ0v) is 10.9. The molecule has 1 rings (SSSR count). The van der Waals surface area contributed by atoms with Crippen molar-refractivity contribution < 1.29 is 4.79 Å². The highest BCUT2D eigenvalue weighted by Gasteiger charge is 2.24. The van der Waals surface area contributed by atoms with Crippen LogP contribution in [0.25, 0.3) is 0 Å². The summed E-state index contributed by atoms with van der Waals surface area (Å²) in [6.07, 6.45) is 4.41. The Kier molecular flexibility index (Phi) is 5.99. The van der Waals surface area contributed by atoms with Gasteiger partial charge in [-0.05, 0) is 33.2 Å². The molecule has 0 saturated carbocycles. The summed E-state index contributed by atoms with van der Waals surface area (Å²) in [4.78, 5) is 14.1. The van der Waals surface area contributed by atoms with E-state index in [1.165, 1.54) is 6.42 Å². The lowest BCUT2D eigenvalue weighted by Gasteiger charge is -2.26. The number of rotatable bonds is 4. The molecule has 1 amide bonds. The molecule has 2 atom stereocenters. The largest absolute Gasteiger partial charge is 0.340 e. The summed E-state index contributed by atoms with van der Waals surface area (Å²) < 4.78 is 0. The number of hydrogen-bond donors (Lipinski definition) is 1. The average Bonchev–Trinajstić information content (AvgIpc) is 2.63. The Bertz CT molecular complexity index is 277. The number of amides is 1. The maximum Gasteiger partial charge on any atom is 0.239 e. The molecule has 0 bridgehead atoms. The number of nitrogens with one attached hydrogen (secondary N) is 1. The van der Waals surface area contributed by atoms with Gasteiger partial charge >= 0.3 is 0 Å². The van der Waals surface area contributed by atoms with Crippen LogP contribution in [-0.2, 0) is 4.79 Å². The highest BCUT2D eigenvalue weighted by atomic mass is 16.2. The van der Waals surface area contributed by atoms with E-state index in [-0.39, 0.29) is 17.9 Å². The smallest absolute Gasteiger partial charge is 0.239 e. The molecule has 1 N–H and O–H groups in total. The first-order valence-corrected chi connectivity index (χ1v) is 6.60. The van der Waals surface area contributed by atoms with Crippen LogP contribution in [0.4, 0.5) is 0 Å². The van der Waals surface area contributed by atoms with E-state index in [2.05, 4.69) is 11.4 Å². The second kappa shape index (κ2) is 7.29. The Morgan fingerprint density at radius 1 is 1.53 bits per heavy atom. The Balaban J connectivity index is 2.55. The summed E-state index contributed by atoms with van der Waals surface area (Å²) in [5.74, 6) is 0.0705. The summed E-state index contributed by atoms with van der Waals surface area (Å²) in [5.41, 5.74) is 0. The second-order valence-corrected chi connectivity index (χ2v) is 4.76. The SMILES string of the molecule is CCN(CC(C)C#N)C(=O)C1CCCCCN1. The number of nitriles is 1. The van der Waals surface area contributed by atoms with Gasteiger partial charge in [0, 0.05) is 13.1 Å². The minimum atomic E-state index is -0.0929. The van der Waals surface area contributed by atoms with E-state index in [0.29, 0.717) is 13.1 Å². The van der Waals surface area contributed by atoms with Gasteiger partial charge in [0.15, 0.2) is 0 Å². The van der Waals surface area contributed by atoms with Crippen LogP contribution in [0.1, 0.15) is 39.5 Å². The van der Waals surface area contributed by atoms with Crippen molar-refractivity contribution in [1.29, 1.82) is 5.26 Å². The summed E-state index contributed by atoms with van der Waals surface area (Å²) >= 11 is 0. The van der Waals surface area contributed by atoms with Crippen LogP contribution in [0.15, 0.2) is 0 Å². The van der Waals surface area contributed by atoms with E-state index < -0.39 is 0 Å². The second-order valence-electron chi connectivity index (χ2n) is 4.76. The number of likely N-dealkylation sites (N-methyl/N-ethyl adjacent to an activating group) is 1. The van der Waals surface area contributed by atoms with Gasteiger partial charge in [0.05, 0.1) is 18.0 Å². The fraction of sp³-hybridized carbons (Fsp3) is 0.846. The van der Waals surface area contributed by atoms with E-state index in [9.17, 15) is 4.79 Å². The lowest BCUT2D eigenvalue weighted by Crippen LogP contribution is -2.47. The molecule has 4 heteroatoms. The number of carbonyl (C=O) groups excluding carboxylic acids is 1. The molecule has 96 valence electrons. The van der Waals surface area contributed by atoms with Gasteiger partial charge in [-0.15, -0.1) is 0 Å². The normalized spacial score (nSPS) is 22.3. The minimum Gasteiger partial charge on any atom is -0.340 e. The van der Waals surface area contributed by atoms with Crippen LogP contribution in [0, 0.1) is 17.2 Å². The molecule has 1 saturated heterocycles. The highest BCUT2D eigenvalue weighted by Crippen LogP contribution is 2.11. The molecule has 0 aliphatic carbocycles. The molecule has 0 aromatic rings. The fourth-order valence-corrected chi connectivity index (χ4v) is 2.21. The van der Waals surface area contributed by atoms with E-state index >= 15 is 0 Å². The van der Waals surface area contributed by atoms with Gasteiger partial charge in [-0.2, -0.15) is 5.26 Å². The predicted octanol–water partition coefficient (Wildman–Crippen LogP) is 1.53. The molecular formula is C13H23N3O. The molecule has 0 aromatic heterocycles. The summed E-state index contributed by atoms with van der Waals surface area (Å²) in [6, 6.07) is 2.15. The lowest BCUT2D eigenvalue weighted by atomic mass is 10.1. The van der Waals surface area contributed by atoms with Crippen LogP contribution in [0.2, 0.25) is 0 Å². The molecule has 0 spiro atoms. The van der Waals surface area contributed by atoms with E-state index in [1.54, 1.807) is 4.90 Å². The van der Waals surface area contributed by atoms with Crippen molar-refractivity contribution in [1.82, 2.24) is 10.2 Å². The molecule has 1 heterocycles. The van der Waals surface area contributed by atoms with Crippen LogP contribution in [-0.4, -0.2) is 36.5 Å². The third-order valence-electron chi connectivity index (χ3n) is 3.27. The quantitative estimate of drug-likeness (QED) is 0.806. The van der Waals surface area contributed by atoms with E-state index in [4.69, 9.17) is 5.26 Å². The van der Waals surface area contributed by atoms with Crippen molar-refractivity contribution in [3.05, 3.63) is 0 Å². The van der Waals surface area contributed by atoms with Gasteiger partial charge in [0.2, 0.25) is 5.91 Å². The lowest BCUT2D eigenvalue weighted by molar-refractivity contribution is -0.133. The van der Waals surface area contributed by atoms with Gasteiger partial charge < -0.3 is 10.2 Å². The van der Waals surface area contributed by atoms with Crippen molar-refractivity contribution in [2.45, 2.75) is 45.6 Å². The van der Waals surface area contributed by atoms with Crippen molar-refractivity contribution >= 4 is 5.91 Å². The fourth-order valence-electron chi connectivity index (χ4n) is 2.21. The molecule has 1 fully saturated rings. The first kappa shape index (κ1) is 14.0. The van der Waals surface area contributed by atoms with Crippen molar-refractivity contribution in [3.8, 4) is 6.07 Å². The van der Waals surface area contributed by atoms with Crippen molar-refractivity contribution in [3.63, 3.8) is 0 Å². The monoisotopic (exact) mass is 237 g/mol. The molecular weight excluding hydrogens is 214 g/mol. The Morgan fingerprint density at radius 3 is 2.94 bits per heavy atom. The summed E-state index contributed by atoms with van der Waals surface area (Å²) in [7, 11) is 0. The molecule has 17 heavy (non-hydrogen) atoms. The summed E-state index contributed by atoms with van der Waals surface area (Å²) in [6.45, 7) is 5.99. The van der Waals surface area contributed by atoms with Crippen molar-refractivity contribution in [2.24, 2.45) is 5.92 Å². The standard InChI is InChI=1S/C13H23N3O/c1-3-16(10-11(2)9-14)13(17)12-7-5-4-6-8-15-12/h11-12,15H,3-8,10H2,1-2H3. The van der Waals surface area contributed by atoms with Gasteiger partial charge in [0.1, 0.15) is 0 Å². The Labute approximate surface area is 104 Å². The maximum absolute atomic E-state index is 12.3. The molecule has 2 unspecified atom stereocenters. The Hall–Kier alpha value is -1.08. The third-order valence-corrected chi connectivity index (χ3v) is 3.27. The Morgan fingerprint density at radius 2 is 2.29 bits per heavy atom. The number of hydrogen-bond acceptors (Lipinski definition) is 3. The molecule has 1 aliphatic rings. The van der Waals surface area contributed by atoms with Gasteiger partial charge in [0.25, 0.3) is 0 Å². The first-order chi connectivity index (χ1) is 8.19. The zero-order valence-electron chi connectivity index (χ0n) is 10.9. The van der Waals surface area contributed by atoms with Gasteiger partial charge in [-0.25, -0.2) is 0 Å². The highest BCUT2D eigenvalue weighted by molar-refractivity contribution is 5.81. The van der Waals surface area contributed by atoms with Crippen LogP contribution < -0.4 is 5.32 Å². The molecule has 0 aromatic carbocycles. The van der Waals surface area contributed by atoms with Crippen LogP contribution in [0.5, 0.6) is 0 Å². The minimum absolute atomic E-state index is 0.0386. The maximum atomic E-state index is 12.3. The van der Waals surface area contributed by atoms with Gasteiger partial charge in [-0.1, -0.05) is 12.8 Å². The first-order valence-electron chi connectivity index (χ1n) is 6.60. The van der Waals surface area contributed by atoms with Gasteiger partial charge in [-0.3, -0.25) is 4.79 Å². The van der Waals surface area contributed by atoms with E-state index in [1.807, 2.05) is 13.8 Å². The summed E-state index contributed by atoms with van der Waals surface area (Å²) in [5, 5.41) is 12.1. The van der Waals surface area contributed by atoms with Crippen LogP contribution >= 0.6 is 0 Å². The molecule has 4 nitrogen and oxygen atoms in total. The average molecular weight is 237 g/mol. The molecule has 1 aliphatic heterocycles. The topological polar surface area (TPSA) is 56.1 Å². The van der Waals surface area contributed by atoms with Crippen molar-refractivity contribution in [2.75, 3.05) is 19.6 Å². The zero-order chi connectivity index (χ0) is 12.7. The predicted molar refractivity (Wildman–Crippen MR) is 67.3 cm³/mol. The molecule has 0 radical (unpaired) electrons.